The number of esters is 3. The number of hydrogen-bond donors (Lipinski definition) is 1. The summed E-state index contributed by atoms with van der Waals surface area (Å²) in [7, 11) is 3.36. The van der Waals surface area contributed by atoms with E-state index in [-0.39, 0.29) is 48.7 Å². The SMILES string of the molecule is CC(C)=CCC/C(C)=C/CC/C(C)=C/CC/C=C(\C)CC/C=C(\C)CCCOC(=O)CCCSSCCCC(=O)O[C@H]1[C@@H](C)CCC[C@H]2O[C@H]2C[C@@H](/C(C)=C/c2csc(C)n2)OC(=O)C[C@H](O)C(C)(C)C(=O)[C@@H]1C. The quantitative estimate of drug-likeness (QED) is 0.0213. The van der Waals surface area contributed by atoms with Crippen LogP contribution in [0.15, 0.2) is 69.2 Å². The highest BCUT2D eigenvalue weighted by Crippen LogP contribution is 2.37. The Morgan fingerprint density at radius 2 is 1.34 bits per heavy atom. The molecule has 10 nitrogen and oxygen atoms in total. The molecule has 1 aromatic rings. The van der Waals surface area contributed by atoms with Crippen molar-refractivity contribution in [2.45, 2.75) is 236 Å². The number of Topliss-reactive ketones (excluding diaryl/α,β-unsaturated/α-hetero) is 1. The van der Waals surface area contributed by atoms with Crippen molar-refractivity contribution < 1.29 is 43.2 Å². The highest BCUT2D eigenvalue weighted by atomic mass is 33.1. The maximum Gasteiger partial charge on any atom is 0.309 e. The van der Waals surface area contributed by atoms with Gasteiger partial charge in [0.2, 0.25) is 0 Å². The predicted molar refractivity (Wildman–Crippen MR) is 310 cm³/mol. The summed E-state index contributed by atoms with van der Waals surface area (Å²) in [5.41, 5.74) is 7.49. The summed E-state index contributed by atoms with van der Waals surface area (Å²) < 4.78 is 23.6. The number of nitrogens with zero attached hydrogens (tertiary/aromatic N) is 1. The van der Waals surface area contributed by atoms with Gasteiger partial charge in [-0.05, 0) is 163 Å². The van der Waals surface area contributed by atoms with Crippen LogP contribution in [0, 0.1) is 24.2 Å². The molecule has 2 aliphatic rings. The van der Waals surface area contributed by atoms with Gasteiger partial charge in [-0.3, -0.25) is 19.2 Å². The highest BCUT2D eigenvalue weighted by Gasteiger charge is 2.45. The van der Waals surface area contributed by atoms with Crippen molar-refractivity contribution in [3.8, 4) is 0 Å². The van der Waals surface area contributed by atoms with E-state index in [4.69, 9.17) is 18.9 Å². The fourth-order valence-electron chi connectivity index (χ4n) is 9.22. The molecule has 3 rings (SSSR count). The zero-order chi connectivity index (χ0) is 54.6. The van der Waals surface area contributed by atoms with Crippen molar-refractivity contribution in [2.75, 3.05) is 18.1 Å². The third-order valence-electron chi connectivity index (χ3n) is 14.2. The third-order valence-corrected chi connectivity index (χ3v) is 17.6. The standard InChI is InChI=1S/C61H95NO9S3/c1-42(2)22-15-25-45(5)28-16-26-43(3)23-13-14-24-44(4)27-17-29-46(6)30-19-35-68-56(64)33-20-36-73-74-37-21-34-57(65)71-59-47(7)31-18-32-52-54(69-52)39-53(48(8)38-51-41-72-50(10)62-51)70-58(66)40-55(63)61(11,12)60(67)49(59)9/h22-24,28-29,38,41,47,49,52-55,59,63H,13-21,25-27,30-37,39-40H2,1-12H3/b43-23+,44-24+,45-28+,46-29+,48-38+/t47-,49+,52+,53-,54-,55-,59-/m0/s1. The number of rotatable bonds is 28. The maximum absolute atomic E-state index is 14.1. The Kier molecular flexibility index (Phi) is 31.0. The lowest BCUT2D eigenvalue weighted by molar-refractivity contribution is -0.161. The number of hydrogen-bond acceptors (Lipinski definition) is 13. The number of epoxide rings is 1. The van der Waals surface area contributed by atoms with E-state index in [0.29, 0.717) is 25.9 Å². The van der Waals surface area contributed by atoms with Gasteiger partial charge in [-0.15, -0.1) is 11.3 Å². The maximum atomic E-state index is 14.1. The van der Waals surface area contributed by atoms with Crippen molar-refractivity contribution in [1.29, 1.82) is 0 Å². The second-order valence-electron chi connectivity index (χ2n) is 21.9. The van der Waals surface area contributed by atoms with E-state index in [9.17, 15) is 24.3 Å². The van der Waals surface area contributed by atoms with E-state index in [1.165, 1.54) is 27.9 Å². The van der Waals surface area contributed by atoms with Gasteiger partial charge >= 0.3 is 17.9 Å². The van der Waals surface area contributed by atoms with Gasteiger partial charge in [-0.1, -0.05) is 114 Å². The van der Waals surface area contributed by atoms with Crippen LogP contribution in [0.3, 0.4) is 0 Å². The van der Waals surface area contributed by atoms with Crippen LogP contribution in [0.5, 0.6) is 0 Å². The van der Waals surface area contributed by atoms with Crippen molar-refractivity contribution in [3.05, 3.63) is 79.9 Å². The molecule has 13 heteroatoms. The number of carbonyl (C=O) groups is 4. The number of carbonyl (C=O) groups excluding carboxylic acids is 4. The lowest BCUT2D eigenvalue weighted by Gasteiger charge is -2.36. The number of aliphatic hydroxyl groups excluding tert-OH is 1. The molecular formula is C61H95NO9S3. The zero-order valence-corrected chi connectivity index (χ0v) is 50.0. The smallest absolute Gasteiger partial charge is 0.309 e. The van der Waals surface area contributed by atoms with E-state index < -0.39 is 35.6 Å². The highest BCUT2D eigenvalue weighted by molar-refractivity contribution is 8.76. The van der Waals surface area contributed by atoms with E-state index in [1.54, 1.807) is 53.7 Å². The van der Waals surface area contributed by atoms with Crippen molar-refractivity contribution in [1.82, 2.24) is 4.98 Å². The number of ketones is 1. The Morgan fingerprint density at radius 3 is 1.92 bits per heavy atom. The molecule has 2 fully saturated rings. The summed E-state index contributed by atoms with van der Waals surface area (Å²) in [6.07, 6.45) is 26.2. The van der Waals surface area contributed by atoms with Crippen LogP contribution < -0.4 is 0 Å². The average Bonchev–Trinajstić information content (AvgIpc) is 3.95. The molecule has 2 saturated heterocycles. The Bertz CT molecular complexity index is 2090. The second-order valence-corrected chi connectivity index (χ2v) is 25.7. The summed E-state index contributed by atoms with van der Waals surface area (Å²) in [6.45, 7) is 24.6. The number of cyclic esters (lactones) is 1. The Balaban J connectivity index is 1.30. The monoisotopic (exact) mass is 1080 g/mol. The van der Waals surface area contributed by atoms with Gasteiger partial charge < -0.3 is 24.1 Å². The first-order valence-electron chi connectivity index (χ1n) is 27.7. The topological polar surface area (TPSA) is 142 Å². The van der Waals surface area contributed by atoms with Crippen LogP contribution in [0.25, 0.3) is 6.08 Å². The number of ether oxygens (including phenoxy) is 4. The molecule has 74 heavy (non-hydrogen) atoms. The molecule has 3 heterocycles. The molecule has 0 unspecified atom stereocenters. The molecule has 0 bridgehead atoms. The first-order chi connectivity index (χ1) is 35.2. The Labute approximate surface area is 459 Å². The first kappa shape index (κ1) is 65.1. The van der Waals surface area contributed by atoms with Crippen LogP contribution >= 0.6 is 32.9 Å². The minimum absolute atomic E-state index is 0.0315. The van der Waals surface area contributed by atoms with Gasteiger partial charge in [0.05, 0.1) is 53.4 Å². The molecular weight excluding hydrogens is 987 g/mol. The Hall–Kier alpha value is -3.23. The summed E-state index contributed by atoms with van der Waals surface area (Å²) >= 11 is 1.55. The minimum atomic E-state index is -1.31. The average molecular weight is 1080 g/mol. The van der Waals surface area contributed by atoms with Gasteiger partial charge in [0, 0.05) is 36.1 Å². The van der Waals surface area contributed by atoms with Crippen LogP contribution in [-0.2, 0) is 38.1 Å². The van der Waals surface area contributed by atoms with Gasteiger partial charge in [-0.25, -0.2) is 4.98 Å². The summed E-state index contributed by atoms with van der Waals surface area (Å²) in [5.74, 6) is -0.649. The third kappa shape index (κ3) is 26.7. The molecule has 0 aliphatic carbocycles. The second kappa shape index (κ2) is 35.2. The van der Waals surface area contributed by atoms with Crippen LogP contribution in [0.1, 0.15) is 209 Å². The van der Waals surface area contributed by atoms with Gasteiger partial charge in [0.25, 0.3) is 0 Å². The molecule has 0 aromatic carbocycles. The minimum Gasteiger partial charge on any atom is -0.466 e. The van der Waals surface area contributed by atoms with Crippen molar-refractivity contribution in [3.63, 3.8) is 0 Å². The summed E-state index contributed by atoms with van der Waals surface area (Å²) in [4.78, 5) is 57.7. The number of aryl methyl sites for hydroxylation is 1. The molecule has 1 aromatic heterocycles. The number of allylic oxidation sites excluding steroid dienone is 10. The first-order valence-corrected chi connectivity index (χ1v) is 31.1. The number of aromatic nitrogens is 1. The largest absolute Gasteiger partial charge is 0.466 e. The summed E-state index contributed by atoms with van der Waals surface area (Å²) in [6, 6.07) is 0. The lowest BCUT2D eigenvalue weighted by atomic mass is 9.73. The van der Waals surface area contributed by atoms with E-state index in [0.717, 1.165) is 118 Å². The molecule has 0 saturated carbocycles. The van der Waals surface area contributed by atoms with E-state index >= 15 is 0 Å². The van der Waals surface area contributed by atoms with Crippen LogP contribution in [-0.4, -0.2) is 82.4 Å². The molecule has 2 aliphatic heterocycles. The van der Waals surface area contributed by atoms with E-state index in [1.807, 2.05) is 32.2 Å². The van der Waals surface area contributed by atoms with Crippen molar-refractivity contribution in [2.24, 2.45) is 17.3 Å². The van der Waals surface area contributed by atoms with Crippen LogP contribution in [0.2, 0.25) is 0 Å². The van der Waals surface area contributed by atoms with Gasteiger partial charge in [0.1, 0.15) is 18.0 Å². The lowest BCUT2D eigenvalue weighted by Crippen LogP contribution is -2.47. The number of thiazole rings is 1. The number of unbranched alkanes of at least 4 members (excludes halogenated alkanes) is 1. The van der Waals surface area contributed by atoms with E-state index in [2.05, 4.69) is 76.9 Å². The fourth-order valence-corrected chi connectivity index (χ4v) is 12.0. The van der Waals surface area contributed by atoms with Gasteiger partial charge in [0.15, 0.2) is 0 Å². The molecule has 7 atom stereocenters. The molecule has 416 valence electrons. The number of fused-ring (bicyclic) bond motifs is 1. The molecule has 0 radical (unpaired) electrons. The van der Waals surface area contributed by atoms with Crippen LogP contribution in [0.4, 0.5) is 0 Å². The fraction of sp³-hybridized carbons (Fsp3) is 0.689. The van der Waals surface area contributed by atoms with Gasteiger partial charge in [-0.2, -0.15) is 0 Å². The number of aliphatic hydroxyl groups is 1. The molecule has 0 amide bonds. The van der Waals surface area contributed by atoms with Crippen molar-refractivity contribution >= 4 is 62.7 Å². The molecule has 1 N–H and O–H groups in total. The predicted octanol–water partition coefficient (Wildman–Crippen LogP) is 15.8. The summed E-state index contributed by atoms with van der Waals surface area (Å²) in [5, 5.41) is 14.3. The Morgan fingerprint density at radius 1 is 0.770 bits per heavy atom. The zero-order valence-electron chi connectivity index (χ0n) is 47.5. The normalized spacial score (nSPS) is 23.7. The molecule has 0 spiro atoms.